The van der Waals surface area contributed by atoms with Gasteiger partial charge >= 0.3 is 5.97 Å². The highest BCUT2D eigenvalue weighted by Crippen LogP contribution is 2.67. The molecule has 4 aliphatic rings. The predicted octanol–water partition coefficient (Wildman–Crippen LogP) is 6.11. The summed E-state index contributed by atoms with van der Waals surface area (Å²) >= 11 is 0. The van der Waals surface area contributed by atoms with Crippen LogP contribution in [0.5, 0.6) is 0 Å². The molecule has 3 saturated carbocycles. The average Bonchev–Trinajstić information content (AvgIpc) is 2.99. The Bertz CT molecular complexity index is 709. The monoisotopic (exact) mass is 400 g/mol. The first-order valence-corrected chi connectivity index (χ1v) is 12.1. The quantitative estimate of drug-likeness (QED) is 0.422. The Hall–Kier alpha value is -1.12. The molecule has 0 aromatic rings. The molecule has 0 aromatic carbocycles. The largest absolute Gasteiger partial charge is 0.462 e. The van der Waals surface area contributed by atoms with Gasteiger partial charge in [-0.15, -0.1) is 0 Å². The van der Waals surface area contributed by atoms with E-state index in [0.29, 0.717) is 24.0 Å². The fourth-order valence-corrected chi connectivity index (χ4v) is 8.39. The Labute approximate surface area is 177 Å². The molecular weight excluding hydrogens is 360 g/mol. The van der Waals surface area contributed by atoms with Gasteiger partial charge in [0, 0.05) is 25.7 Å². The summed E-state index contributed by atoms with van der Waals surface area (Å²) in [7, 11) is 0. The molecule has 0 aromatic heterocycles. The molecule has 0 bridgehead atoms. The van der Waals surface area contributed by atoms with E-state index in [1.54, 1.807) is 5.57 Å². The molecule has 8 atom stereocenters. The number of rotatable bonds is 4. The Morgan fingerprint density at radius 1 is 1.14 bits per heavy atom. The van der Waals surface area contributed by atoms with Crippen LogP contribution in [0, 0.1) is 40.4 Å². The molecule has 0 unspecified atom stereocenters. The number of ketones is 1. The molecule has 3 heteroatoms. The van der Waals surface area contributed by atoms with Crippen LogP contribution in [0.3, 0.4) is 0 Å². The van der Waals surface area contributed by atoms with Crippen molar-refractivity contribution in [2.75, 3.05) is 0 Å². The first kappa shape index (κ1) is 21.1. The van der Waals surface area contributed by atoms with Crippen molar-refractivity contribution in [1.29, 1.82) is 0 Å². The molecule has 4 aliphatic carbocycles. The summed E-state index contributed by atoms with van der Waals surface area (Å²) in [6.45, 7) is 10.8. The van der Waals surface area contributed by atoms with Crippen LogP contribution in [0.1, 0.15) is 92.4 Å². The molecule has 0 spiro atoms. The van der Waals surface area contributed by atoms with Gasteiger partial charge in [-0.1, -0.05) is 45.8 Å². The average molecular weight is 401 g/mol. The predicted molar refractivity (Wildman–Crippen MR) is 115 cm³/mol. The van der Waals surface area contributed by atoms with Gasteiger partial charge in [0.25, 0.3) is 0 Å². The van der Waals surface area contributed by atoms with Gasteiger partial charge in [-0.2, -0.15) is 0 Å². The molecule has 0 N–H and O–H groups in total. The van der Waals surface area contributed by atoms with Gasteiger partial charge in [-0.05, 0) is 73.0 Å². The molecule has 0 saturated heterocycles. The minimum absolute atomic E-state index is 0.0692. The van der Waals surface area contributed by atoms with E-state index in [-0.39, 0.29) is 28.8 Å². The zero-order chi connectivity index (χ0) is 21.0. The lowest BCUT2D eigenvalue weighted by atomic mass is 9.47. The van der Waals surface area contributed by atoms with Gasteiger partial charge in [0.1, 0.15) is 11.9 Å². The maximum absolute atomic E-state index is 13.0. The Morgan fingerprint density at radius 2 is 1.90 bits per heavy atom. The van der Waals surface area contributed by atoms with Crippen molar-refractivity contribution in [3.8, 4) is 0 Å². The van der Waals surface area contributed by atoms with Crippen LogP contribution in [0.4, 0.5) is 0 Å². The SMILES string of the molecule is CCC(=O)[C@H]1[C@H](CC)C[C@H]2[C@@H]3CC=C4C[C@H](OC(C)=O)CC[C@]4(C)[C@H]3CC[C@@]21C. The summed E-state index contributed by atoms with van der Waals surface area (Å²) in [5.41, 5.74) is 2.01. The van der Waals surface area contributed by atoms with Crippen LogP contribution in [-0.2, 0) is 14.3 Å². The molecule has 0 aliphatic heterocycles. The van der Waals surface area contributed by atoms with Gasteiger partial charge in [0.15, 0.2) is 0 Å². The summed E-state index contributed by atoms with van der Waals surface area (Å²) in [6, 6.07) is 0. The highest BCUT2D eigenvalue weighted by molar-refractivity contribution is 5.82. The van der Waals surface area contributed by atoms with E-state index in [1.807, 2.05) is 0 Å². The molecule has 0 amide bonds. The summed E-state index contributed by atoms with van der Waals surface area (Å²) < 4.78 is 5.57. The minimum Gasteiger partial charge on any atom is -0.462 e. The van der Waals surface area contributed by atoms with Crippen LogP contribution < -0.4 is 0 Å². The van der Waals surface area contributed by atoms with Gasteiger partial charge in [0.2, 0.25) is 0 Å². The van der Waals surface area contributed by atoms with Gasteiger partial charge in [0.05, 0.1) is 0 Å². The van der Waals surface area contributed by atoms with E-state index in [9.17, 15) is 9.59 Å². The zero-order valence-electron chi connectivity index (χ0n) is 19.1. The molecule has 162 valence electrons. The number of hydrogen-bond acceptors (Lipinski definition) is 3. The highest BCUT2D eigenvalue weighted by Gasteiger charge is 2.61. The lowest BCUT2D eigenvalue weighted by Gasteiger charge is -2.58. The number of fused-ring (bicyclic) bond motifs is 5. The number of carbonyl (C=O) groups is 2. The minimum atomic E-state index is -0.149. The fraction of sp³-hybridized carbons (Fsp3) is 0.846. The van der Waals surface area contributed by atoms with E-state index in [2.05, 4.69) is 33.8 Å². The third kappa shape index (κ3) is 3.22. The standard InChI is InChI=1S/C26H40O3/c1-6-17-14-22-20-9-8-18-15-19(29-16(3)27)10-12-25(18,4)21(20)11-13-26(22,5)24(17)23(28)7-2/h8,17,19-22,24H,6-7,9-15H2,1-5H3/t17-,19-,20-,21+,22+,24-,25+,26+/m1/s1. The van der Waals surface area contributed by atoms with Crippen LogP contribution in [0.15, 0.2) is 11.6 Å². The number of ether oxygens (including phenoxy) is 1. The van der Waals surface area contributed by atoms with Gasteiger partial charge in [-0.3, -0.25) is 9.59 Å². The lowest BCUT2D eigenvalue weighted by molar-refractivity contribution is -0.149. The van der Waals surface area contributed by atoms with E-state index >= 15 is 0 Å². The summed E-state index contributed by atoms with van der Waals surface area (Å²) in [5.74, 6) is 3.36. The first-order chi connectivity index (χ1) is 13.7. The Balaban J connectivity index is 1.61. The number of esters is 1. The van der Waals surface area contributed by atoms with E-state index < -0.39 is 0 Å². The first-order valence-electron chi connectivity index (χ1n) is 12.1. The maximum Gasteiger partial charge on any atom is 0.302 e. The van der Waals surface area contributed by atoms with Crippen molar-refractivity contribution >= 4 is 11.8 Å². The fourth-order valence-electron chi connectivity index (χ4n) is 8.39. The molecule has 3 fully saturated rings. The summed E-state index contributed by atoms with van der Waals surface area (Å²) in [6.07, 6.45) is 12.3. The number of hydrogen-bond donors (Lipinski definition) is 0. The maximum atomic E-state index is 13.0. The van der Waals surface area contributed by atoms with Crippen LogP contribution in [0.25, 0.3) is 0 Å². The van der Waals surface area contributed by atoms with Crippen LogP contribution in [0.2, 0.25) is 0 Å². The van der Waals surface area contributed by atoms with Crippen molar-refractivity contribution in [3.63, 3.8) is 0 Å². The smallest absolute Gasteiger partial charge is 0.302 e. The lowest BCUT2D eigenvalue weighted by Crippen LogP contribution is -2.51. The number of allylic oxidation sites excluding steroid dienone is 1. The highest BCUT2D eigenvalue weighted by atomic mass is 16.5. The second kappa shape index (κ2) is 7.54. The van der Waals surface area contributed by atoms with Crippen molar-refractivity contribution in [2.24, 2.45) is 40.4 Å². The molecule has 0 radical (unpaired) electrons. The summed E-state index contributed by atoms with van der Waals surface area (Å²) in [5, 5.41) is 0. The van der Waals surface area contributed by atoms with Gasteiger partial charge in [-0.25, -0.2) is 0 Å². The van der Waals surface area contributed by atoms with Crippen LogP contribution in [-0.4, -0.2) is 17.9 Å². The third-order valence-electron chi connectivity index (χ3n) is 9.79. The molecule has 3 nitrogen and oxygen atoms in total. The van der Waals surface area contributed by atoms with Crippen molar-refractivity contribution in [3.05, 3.63) is 11.6 Å². The second-order valence-corrected chi connectivity index (χ2v) is 11.0. The molecular formula is C26H40O3. The van der Waals surface area contributed by atoms with E-state index in [0.717, 1.165) is 43.9 Å². The number of carbonyl (C=O) groups excluding carboxylic acids is 2. The van der Waals surface area contributed by atoms with Crippen molar-refractivity contribution in [1.82, 2.24) is 0 Å². The normalized spacial score (nSPS) is 46.2. The van der Waals surface area contributed by atoms with Crippen LogP contribution >= 0.6 is 0 Å². The number of Topliss-reactive ketones (excluding diaryl/α,β-unsaturated/α-hetero) is 1. The van der Waals surface area contributed by atoms with Crippen molar-refractivity contribution < 1.29 is 14.3 Å². The second-order valence-electron chi connectivity index (χ2n) is 11.0. The van der Waals surface area contributed by atoms with E-state index in [4.69, 9.17) is 4.74 Å². The molecule has 29 heavy (non-hydrogen) atoms. The van der Waals surface area contributed by atoms with Gasteiger partial charge < -0.3 is 4.74 Å². The van der Waals surface area contributed by atoms with Crippen molar-refractivity contribution in [2.45, 2.75) is 98.5 Å². The third-order valence-corrected chi connectivity index (χ3v) is 9.79. The molecule has 4 rings (SSSR count). The van der Waals surface area contributed by atoms with E-state index in [1.165, 1.54) is 26.2 Å². The Kier molecular flexibility index (Phi) is 5.49. The summed E-state index contributed by atoms with van der Waals surface area (Å²) in [4.78, 5) is 24.4. The Morgan fingerprint density at radius 3 is 2.55 bits per heavy atom. The topological polar surface area (TPSA) is 43.4 Å². The zero-order valence-corrected chi connectivity index (χ0v) is 19.1. The molecule has 0 heterocycles.